The molecular weight excluding hydrogens is 228 g/mol. The number of carbonyl (C=O) groups is 1. The summed E-state index contributed by atoms with van der Waals surface area (Å²) in [5, 5.41) is 0. The summed E-state index contributed by atoms with van der Waals surface area (Å²) >= 11 is 0. The molecule has 0 aromatic rings. The Morgan fingerprint density at radius 1 is 1.39 bits per heavy atom. The van der Waals surface area contributed by atoms with E-state index >= 15 is 0 Å². The lowest BCUT2D eigenvalue weighted by Crippen LogP contribution is -2.53. The molecule has 2 aliphatic heterocycles. The number of carbonyl (C=O) groups excluding carboxylic acids is 1. The molecule has 0 radical (unpaired) electrons. The molecule has 2 saturated heterocycles. The van der Waals surface area contributed by atoms with Crippen LogP contribution in [0.25, 0.3) is 0 Å². The molecule has 4 nitrogen and oxygen atoms in total. The summed E-state index contributed by atoms with van der Waals surface area (Å²) in [6.07, 6.45) is 5.01. The molecule has 2 fully saturated rings. The number of nitrogens with two attached hydrogens (primary N) is 1. The Hall–Kier alpha value is -0.610. The maximum Gasteiger partial charge on any atom is 0.242 e. The zero-order valence-electron chi connectivity index (χ0n) is 11.7. The minimum absolute atomic E-state index is 0.132. The molecule has 0 aliphatic carbocycles. The van der Waals surface area contributed by atoms with Gasteiger partial charge in [-0.3, -0.25) is 4.79 Å². The average Bonchev–Trinajstić information content (AvgIpc) is 2.73. The predicted octanol–water partition coefficient (Wildman–Crippen LogP) is 1.53. The summed E-state index contributed by atoms with van der Waals surface area (Å²) in [5.74, 6) is 0.132. The molecule has 0 bridgehead atoms. The highest BCUT2D eigenvalue weighted by molar-refractivity contribution is 5.86. The van der Waals surface area contributed by atoms with Gasteiger partial charge >= 0.3 is 0 Å². The summed E-state index contributed by atoms with van der Waals surface area (Å²) in [6.45, 7) is 7.38. The average molecular weight is 254 g/mol. The van der Waals surface area contributed by atoms with Gasteiger partial charge in [-0.05, 0) is 38.0 Å². The second-order valence-corrected chi connectivity index (χ2v) is 6.26. The molecular formula is C14H26N2O2. The van der Waals surface area contributed by atoms with Crippen molar-refractivity contribution in [3.05, 3.63) is 0 Å². The van der Waals surface area contributed by atoms with Crippen LogP contribution in [-0.2, 0) is 9.53 Å². The minimum Gasteiger partial charge on any atom is -0.381 e. The Morgan fingerprint density at radius 3 is 2.67 bits per heavy atom. The zero-order chi connectivity index (χ0) is 13.2. The smallest absolute Gasteiger partial charge is 0.242 e. The number of likely N-dealkylation sites (tertiary alicyclic amines) is 1. The number of rotatable bonds is 3. The minimum atomic E-state index is -0.689. The van der Waals surface area contributed by atoms with Crippen molar-refractivity contribution in [2.45, 2.75) is 51.5 Å². The first-order chi connectivity index (χ1) is 8.49. The molecule has 1 unspecified atom stereocenters. The largest absolute Gasteiger partial charge is 0.381 e. The Balaban J connectivity index is 1.97. The Morgan fingerprint density at radius 2 is 2.06 bits per heavy atom. The molecule has 1 atom stereocenters. The normalized spacial score (nSPS) is 26.3. The molecule has 0 aromatic heterocycles. The van der Waals surface area contributed by atoms with E-state index in [0.717, 1.165) is 58.4 Å². The van der Waals surface area contributed by atoms with Gasteiger partial charge in [0.1, 0.15) is 0 Å². The molecule has 2 N–H and O–H groups in total. The van der Waals surface area contributed by atoms with Gasteiger partial charge in [0, 0.05) is 26.3 Å². The van der Waals surface area contributed by atoms with Crippen LogP contribution in [0.1, 0.15) is 46.0 Å². The van der Waals surface area contributed by atoms with Crippen LogP contribution in [0.4, 0.5) is 0 Å². The molecule has 2 rings (SSSR count). The van der Waals surface area contributed by atoms with Gasteiger partial charge in [-0.15, -0.1) is 0 Å². The molecule has 2 heterocycles. The van der Waals surface area contributed by atoms with E-state index in [9.17, 15) is 4.79 Å². The Bertz CT molecular complexity index is 309. The molecule has 1 spiro atoms. The highest BCUT2D eigenvalue weighted by atomic mass is 16.5. The lowest BCUT2D eigenvalue weighted by molar-refractivity contribution is -0.136. The quantitative estimate of drug-likeness (QED) is 0.831. The van der Waals surface area contributed by atoms with Crippen LogP contribution in [0.3, 0.4) is 0 Å². The third-order valence-electron chi connectivity index (χ3n) is 4.54. The van der Waals surface area contributed by atoms with Gasteiger partial charge in [0.25, 0.3) is 0 Å². The first kappa shape index (κ1) is 13.8. The van der Waals surface area contributed by atoms with Crippen molar-refractivity contribution < 1.29 is 9.53 Å². The number of nitrogens with zero attached hydrogens (tertiary/aromatic N) is 1. The van der Waals surface area contributed by atoms with Gasteiger partial charge in [-0.1, -0.05) is 13.3 Å². The second kappa shape index (κ2) is 5.17. The molecule has 1 amide bonds. The van der Waals surface area contributed by atoms with Crippen molar-refractivity contribution in [1.29, 1.82) is 0 Å². The van der Waals surface area contributed by atoms with Crippen molar-refractivity contribution in [3.8, 4) is 0 Å². The van der Waals surface area contributed by atoms with Crippen molar-refractivity contribution >= 4 is 5.91 Å². The van der Waals surface area contributed by atoms with Crippen LogP contribution >= 0.6 is 0 Å². The molecule has 0 aromatic carbocycles. The molecule has 0 saturated carbocycles. The van der Waals surface area contributed by atoms with Crippen LogP contribution in [0.15, 0.2) is 0 Å². The third kappa shape index (κ3) is 2.69. The van der Waals surface area contributed by atoms with E-state index in [4.69, 9.17) is 10.5 Å². The van der Waals surface area contributed by atoms with Crippen LogP contribution in [0, 0.1) is 5.41 Å². The van der Waals surface area contributed by atoms with Gasteiger partial charge in [-0.2, -0.15) is 0 Å². The van der Waals surface area contributed by atoms with Crippen LogP contribution in [0.5, 0.6) is 0 Å². The van der Waals surface area contributed by atoms with E-state index in [1.54, 1.807) is 0 Å². The van der Waals surface area contributed by atoms with E-state index < -0.39 is 5.54 Å². The predicted molar refractivity (Wildman–Crippen MR) is 71.2 cm³/mol. The monoisotopic (exact) mass is 254 g/mol. The summed E-state index contributed by atoms with van der Waals surface area (Å²) in [7, 11) is 0. The topological polar surface area (TPSA) is 55.6 Å². The summed E-state index contributed by atoms with van der Waals surface area (Å²) in [5.41, 5.74) is 5.78. The lowest BCUT2D eigenvalue weighted by Gasteiger charge is -2.34. The summed E-state index contributed by atoms with van der Waals surface area (Å²) in [6, 6.07) is 0. The highest BCUT2D eigenvalue weighted by Gasteiger charge is 2.43. The maximum absolute atomic E-state index is 12.5. The van der Waals surface area contributed by atoms with Gasteiger partial charge < -0.3 is 15.4 Å². The van der Waals surface area contributed by atoms with E-state index in [-0.39, 0.29) is 5.91 Å². The second-order valence-electron chi connectivity index (χ2n) is 6.26. The summed E-state index contributed by atoms with van der Waals surface area (Å²) in [4.78, 5) is 14.4. The standard InChI is InChI=1S/C14H26N2O2/c1-3-4-13(2,15)12(17)16-8-5-14(11-16)6-9-18-10-7-14/h3-11,15H2,1-2H3. The Kier molecular flexibility index (Phi) is 3.97. The number of hydrogen-bond donors (Lipinski definition) is 1. The SMILES string of the molecule is CCCC(C)(N)C(=O)N1CCC2(CCOCC2)C1. The molecule has 104 valence electrons. The summed E-state index contributed by atoms with van der Waals surface area (Å²) < 4.78 is 5.43. The molecule has 2 aliphatic rings. The van der Waals surface area contributed by atoms with Gasteiger partial charge in [0.2, 0.25) is 5.91 Å². The van der Waals surface area contributed by atoms with Crippen LogP contribution in [0.2, 0.25) is 0 Å². The van der Waals surface area contributed by atoms with E-state index in [0.29, 0.717) is 5.41 Å². The van der Waals surface area contributed by atoms with Gasteiger partial charge in [-0.25, -0.2) is 0 Å². The first-order valence-electron chi connectivity index (χ1n) is 7.15. The van der Waals surface area contributed by atoms with Crippen molar-refractivity contribution in [2.75, 3.05) is 26.3 Å². The highest BCUT2D eigenvalue weighted by Crippen LogP contribution is 2.40. The number of amides is 1. The fourth-order valence-corrected chi connectivity index (χ4v) is 3.31. The lowest BCUT2D eigenvalue weighted by atomic mass is 9.79. The maximum atomic E-state index is 12.5. The molecule has 4 heteroatoms. The van der Waals surface area contributed by atoms with Crippen LogP contribution < -0.4 is 5.73 Å². The fourth-order valence-electron chi connectivity index (χ4n) is 3.31. The Labute approximate surface area is 110 Å². The van der Waals surface area contributed by atoms with Crippen molar-refractivity contribution in [3.63, 3.8) is 0 Å². The van der Waals surface area contributed by atoms with E-state index in [1.165, 1.54) is 0 Å². The fraction of sp³-hybridized carbons (Fsp3) is 0.929. The first-order valence-corrected chi connectivity index (χ1v) is 7.15. The van der Waals surface area contributed by atoms with Gasteiger partial charge in [0.05, 0.1) is 5.54 Å². The van der Waals surface area contributed by atoms with Crippen LogP contribution in [-0.4, -0.2) is 42.6 Å². The number of ether oxygens (including phenoxy) is 1. The van der Waals surface area contributed by atoms with Crippen molar-refractivity contribution in [1.82, 2.24) is 4.90 Å². The third-order valence-corrected chi connectivity index (χ3v) is 4.54. The van der Waals surface area contributed by atoms with Crippen molar-refractivity contribution in [2.24, 2.45) is 11.1 Å². The number of hydrogen-bond acceptors (Lipinski definition) is 3. The van der Waals surface area contributed by atoms with E-state index in [1.807, 2.05) is 11.8 Å². The van der Waals surface area contributed by atoms with E-state index in [2.05, 4.69) is 6.92 Å². The molecule has 18 heavy (non-hydrogen) atoms. The zero-order valence-corrected chi connectivity index (χ0v) is 11.7. The van der Waals surface area contributed by atoms with Gasteiger partial charge in [0.15, 0.2) is 0 Å².